The lowest BCUT2D eigenvalue weighted by atomic mass is 9.78. The molecule has 1 aliphatic carbocycles. The zero-order valence-corrected chi connectivity index (χ0v) is 14.5. The average molecular weight is 330 g/mol. The maximum absolute atomic E-state index is 12.9. The van der Waals surface area contributed by atoms with Crippen LogP contribution in [-0.2, 0) is 10.2 Å². The Kier molecular flexibility index (Phi) is 5.90. The third-order valence-electron chi connectivity index (χ3n) is 5.71. The van der Waals surface area contributed by atoms with Crippen LogP contribution in [0.4, 0.5) is 0 Å². The molecule has 1 aliphatic heterocycles. The topological polar surface area (TPSA) is 52.6 Å². The lowest BCUT2D eigenvalue weighted by Crippen LogP contribution is -2.44. The van der Waals surface area contributed by atoms with Crippen molar-refractivity contribution in [2.24, 2.45) is 0 Å². The van der Waals surface area contributed by atoms with Crippen molar-refractivity contribution in [3.05, 3.63) is 35.9 Å². The molecule has 0 bridgehead atoms. The van der Waals surface area contributed by atoms with Crippen molar-refractivity contribution in [1.82, 2.24) is 10.2 Å². The predicted molar refractivity (Wildman–Crippen MR) is 95.9 cm³/mol. The Morgan fingerprint density at radius 1 is 1.17 bits per heavy atom. The van der Waals surface area contributed by atoms with Crippen molar-refractivity contribution >= 4 is 5.91 Å². The molecule has 3 rings (SSSR count). The summed E-state index contributed by atoms with van der Waals surface area (Å²) in [4.78, 5) is 15.3. The molecule has 0 atom stereocenters. The van der Waals surface area contributed by atoms with E-state index in [1.165, 1.54) is 5.56 Å². The summed E-state index contributed by atoms with van der Waals surface area (Å²) in [6.07, 6.45) is 6.82. The van der Waals surface area contributed by atoms with Gasteiger partial charge in [0.05, 0.1) is 11.5 Å². The third kappa shape index (κ3) is 3.98. The number of likely N-dealkylation sites (tertiary alicyclic amines) is 1. The van der Waals surface area contributed by atoms with E-state index in [2.05, 4.69) is 22.3 Å². The van der Waals surface area contributed by atoms with Crippen molar-refractivity contribution in [2.75, 3.05) is 26.2 Å². The molecule has 132 valence electrons. The van der Waals surface area contributed by atoms with Crippen LogP contribution < -0.4 is 5.32 Å². The molecule has 2 aliphatic rings. The summed E-state index contributed by atoms with van der Waals surface area (Å²) in [5, 5.41) is 12.7. The average Bonchev–Trinajstić information content (AvgIpc) is 3.12. The molecule has 1 saturated heterocycles. The van der Waals surface area contributed by atoms with Gasteiger partial charge in [-0.05, 0) is 44.2 Å². The maximum atomic E-state index is 12.9. The Bertz CT molecular complexity index is 518. The van der Waals surface area contributed by atoms with Crippen LogP contribution in [0.1, 0.15) is 50.5 Å². The van der Waals surface area contributed by atoms with Crippen LogP contribution in [-0.4, -0.2) is 48.2 Å². The number of amides is 1. The molecule has 4 nitrogen and oxygen atoms in total. The lowest BCUT2D eigenvalue weighted by molar-refractivity contribution is -0.126. The Morgan fingerprint density at radius 3 is 2.50 bits per heavy atom. The fraction of sp³-hybridized carbons (Fsp3) is 0.650. The van der Waals surface area contributed by atoms with Gasteiger partial charge in [-0.25, -0.2) is 0 Å². The van der Waals surface area contributed by atoms with E-state index < -0.39 is 0 Å². The van der Waals surface area contributed by atoms with Crippen molar-refractivity contribution in [3.63, 3.8) is 0 Å². The highest BCUT2D eigenvalue weighted by atomic mass is 16.3. The summed E-state index contributed by atoms with van der Waals surface area (Å²) in [5.74, 6) is 0.209. The first-order valence-corrected chi connectivity index (χ1v) is 9.45. The lowest BCUT2D eigenvalue weighted by Gasteiger charge is -2.30. The first-order chi connectivity index (χ1) is 11.7. The van der Waals surface area contributed by atoms with Gasteiger partial charge in [-0.3, -0.25) is 4.79 Å². The second-order valence-corrected chi connectivity index (χ2v) is 7.34. The monoisotopic (exact) mass is 330 g/mol. The van der Waals surface area contributed by atoms with E-state index in [-0.39, 0.29) is 17.4 Å². The van der Waals surface area contributed by atoms with Crippen LogP contribution >= 0.6 is 0 Å². The number of carbonyl (C=O) groups excluding carboxylic acids is 1. The van der Waals surface area contributed by atoms with Crippen LogP contribution in [0.3, 0.4) is 0 Å². The molecule has 4 heteroatoms. The van der Waals surface area contributed by atoms with Gasteiger partial charge in [0.25, 0.3) is 0 Å². The van der Waals surface area contributed by atoms with Gasteiger partial charge in [-0.1, -0.05) is 43.2 Å². The predicted octanol–water partition coefficient (Wildman–Crippen LogP) is 2.46. The zero-order chi connectivity index (χ0) is 16.8. The minimum absolute atomic E-state index is 0.117. The van der Waals surface area contributed by atoms with Crippen molar-refractivity contribution in [1.29, 1.82) is 0 Å². The first kappa shape index (κ1) is 17.4. The first-order valence-electron chi connectivity index (χ1n) is 9.45. The third-order valence-corrected chi connectivity index (χ3v) is 5.71. The van der Waals surface area contributed by atoms with Gasteiger partial charge >= 0.3 is 0 Å². The number of carbonyl (C=O) groups is 1. The van der Waals surface area contributed by atoms with Crippen molar-refractivity contribution in [2.45, 2.75) is 56.5 Å². The van der Waals surface area contributed by atoms with E-state index in [0.29, 0.717) is 0 Å². The number of aliphatic hydroxyl groups is 1. The van der Waals surface area contributed by atoms with E-state index in [1.807, 2.05) is 18.2 Å². The van der Waals surface area contributed by atoms with Crippen LogP contribution in [0.25, 0.3) is 0 Å². The van der Waals surface area contributed by atoms with Gasteiger partial charge < -0.3 is 15.3 Å². The fourth-order valence-electron chi connectivity index (χ4n) is 4.20. The Morgan fingerprint density at radius 2 is 1.83 bits per heavy atom. The second-order valence-electron chi connectivity index (χ2n) is 7.34. The number of hydrogen-bond acceptors (Lipinski definition) is 3. The van der Waals surface area contributed by atoms with Crippen molar-refractivity contribution in [3.8, 4) is 0 Å². The molecule has 0 radical (unpaired) electrons. The molecule has 0 spiro atoms. The van der Waals surface area contributed by atoms with E-state index >= 15 is 0 Å². The summed E-state index contributed by atoms with van der Waals surface area (Å²) in [6, 6.07) is 10.3. The SMILES string of the molecule is O=C(NCCCN1CCC(O)CC1)C1(c2ccccc2)CCCC1. The molecule has 1 saturated carbocycles. The Labute approximate surface area is 145 Å². The van der Waals surface area contributed by atoms with Crippen LogP contribution in [0.2, 0.25) is 0 Å². The molecule has 2 N–H and O–H groups in total. The molecule has 2 fully saturated rings. The number of nitrogens with one attached hydrogen (secondary N) is 1. The summed E-state index contributed by atoms with van der Waals surface area (Å²) >= 11 is 0. The molecular formula is C20H30N2O2. The molecule has 1 aromatic rings. The molecule has 0 unspecified atom stereocenters. The molecule has 1 aromatic carbocycles. The Hall–Kier alpha value is -1.39. The van der Waals surface area contributed by atoms with Crippen molar-refractivity contribution < 1.29 is 9.90 Å². The Balaban J connectivity index is 1.48. The second kappa shape index (κ2) is 8.13. The fourth-order valence-corrected chi connectivity index (χ4v) is 4.20. The summed E-state index contributed by atoms with van der Waals surface area (Å²) < 4.78 is 0. The highest BCUT2D eigenvalue weighted by Crippen LogP contribution is 2.41. The van der Waals surface area contributed by atoms with E-state index in [0.717, 1.165) is 71.1 Å². The van der Waals surface area contributed by atoms with Gasteiger partial charge in [0.15, 0.2) is 0 Å². The van der Waals surface area contributed by atoms with E-state index in [4.69, 9.17) is 0 Å². The quantitative estimate of drug-likeness (QED) is 0.788. The van der Waals surface area contributed by atoms with E-state index in [1.54, 1.807) is 0 Å². The minimum atomic E-state index is -0.309. The van der Waals surface area contributed by atoms with Gasteiger partial charge in [-0.2, -0.15) is 0 Å². The number of nitrogens with zero attached hydrogens (tertiary/aromatic N) is 1. The maximum Gasteiger partial charge on any atom is 0.230 e. The summed E-state index contributed by atoms with van der Waals surface area (Å²) in [5.41, 5.74) is 0.862. The highest BCUT2D eigenvalue weighted by molar-refractivity contribution is 5.88. The summed E-state index contributed by atoms with van der Waals surface area (Å²) in [6.45, 7) is 3.70. The highest BCUT2D eigenvalue weighted by Gasteiger charge is 2.42. The summed E-state index contributed by atoms with van der Waals surface area (Å²) in [7, 11) is 0. The number of aliphatic hydroxyl groups excluding tert-OH is 1. The normalized spacial score (nSPS) is 21.7. The smallest absolute Gasteiger partial charge is 0.230 e. The number of hydrogen-bond donors (Lipinski definition) is 2. The number of benzene rings is 1. The molecule has 24 heavy (non-hydrogen) atoms. The molecule has 1 amide bonds. The van der Waals surface area contributed by atoms with Gasteiger partial charge in [-0.15, -0.1) is 0 Å². The molecule has 0 aromatic heterocycles. The van der Waals surface area contributed by atoms with Gasteiger partial charge in [0.2, 0.25) is 5.91 Å². The van der Waals surface area contributed by atoms with E-state index in [9.17, 15) is 9.90 Å². The largest absolute Gasteiger partial charge is 0.393 e. The van der Waals surface area contributed by atoms with Crippen LogP contribution in [0.5, 0.6) is 0 Å². The van der Waals surface area contributed by atoms with Gasteiger partial charge in [0.1, 0.15) is 0 Å². The van der Waals surface area contributed by atoms with Crippen LogP contribution in [0, 0.1) is 0 Å². The number of piperidine rings is 1. The number of rotatable bonds is 6. The molecular weight excluding hydrogens is 300 g/mol. The van der Waals surface area contributed by atoms with Gasteiger partial charge in [0, 0.05) is 19.6 Å². The van der Waals surface area contributed by atoms with Crippen LogP contribution in [0.15, 0.2) is 30.3 Å². The molecule has 1 heterocycles. The zero-order valence-electron chi connectivity index (χ0n) is 14.5. The minimum Gasteiger partial charge on any atom is -0.393 e. The standard InChI is InChI=1S/C20H30N2O2/c23-18-9-15-22(16-10-18)14-6-13-21-19(24)20(11-4-5-12-20)17-7-2-1-3-8-17/h1-3,7-8,18,23H,4-6,9-16H2,(H,21,24).